The number of anilines is 1. The van der Waals surface area contributed by atoms with Crippen molar-refractivity contribution >= 4 is 29.2 Å². The zero-order chi connectivity index (χ0) is 22.1. The number of nitrogens with one attached hydrogen (secondary N) is 2. The molecular weight excluding hydrogens is 414 g/mol. The molecule has 0 radical (unpaired) electrons. The summed E-state index contributed by atoms with van der Waals surface area (Å²) >= 11 is 5.91. The van der Waals surface area contributed by atoms with E-state index in [2.05, 4.69) is 10.6 Å². The molecule has 2 aromatic rings. The van der Waals surface area contributed by atoms with E-state index in [0.717, 1.165) is 37.1 Å². The molecule has 1 aliphatic rings. The highest BCUT2D eigenvalue weighted by Crippen LogP contribution is 2.28. The van der Waals surface area contributed by atoms with E-state index in [1.165, 1.54) is 0 Å². The minimum absolute atomic E-state index is 0.0773. The maximum atomic E-state index is 12.7. The molecule has 0 bridgehead atoms. The lowest BCUT2D eigenvalue weighted by Gasteiger charge is -2.33. The molecule has 3 rings (SSSR count). The molecule has 1 atom stereocenters. The number of benzene rings is 2. The van der Waals surface area contributed by atoms with Crippen LogP contribution < -0.4 is 10.6 Å². The molecule has 1 saturated heterocycles. The Morgan fingerprint density at radius 2 is 2.00 bits per heavy atom. The van der Waals surface area contributed by atoms with Gasteiger partial charge in [-0.1, -0.05) is 23.7 Å². The summed E-state index contributed by atoms with van der Waals surface area (Å²) in [6.45, 7) is 5.22. The number of urea groups is 1. The van der Waals surface area contributed by atoms with Crippen LogP contribution >= 0.6 is 11.6 Å². The van der Waals surface area contributed by atoms with E-state index in [4.69, 9.17) is 16.3 Å². The number of carbonyl (C=O) groups excluding carboxylic acids is 2. The number of likely N-dealkylation sites (tertiary alicyclic amines) is 1. The van der Waals surface area contributed by atoms with Gasteiger partial charge in [0.05, 0.1) is 0 Å². The number of amides is 3. The number of hydrogen-bond acceptors (Lipinski definition) is 3. The highest BCUT2D eigenvalue weighted by atomic mass is 35.5. The van der Waals surface area contributed by atoms with Crippen LogP contribution in [-0.2, 0) is 4.74 Å². The molecular formula is C24H30ClN3O3. The Morgan fingerprint density at radius 3 is 2.77 bits per heavy atom. The maximum absolute atomic E-state index is 12.7. The van der Waals surface area contributed by atoms with Gasteiger partial charge < -0.3 is 20.3 Å². The largest absolute Gasteiger partial charge is 0.382 e. The van der Waals surface area contributed by atoms with E-state index in [1.54, 1.807) is 24.3 Å². The van der Waals surface area contributed by atoms with Crippen molar-refractivity contribution in [1.29, 1.82) is 0 Å². The van der Waals surface area contributed by atoms with Crippen LogP contribution in [0.1, 0.15) is 48.0 Å². The Balaban J connectivity index is 1.57. The first-order chi connectivity index (χ1) is 15.1. The molecule has 1 heterocycles. The third-order valence-corrected chi connectivity index (χ3v) is 5.63. The normalized spacial score (nSPS) is 16.1. The molecule has 2 N–H and O–H groups in total. The molecule has 31 heavy (non-hydrogen) atoms. The maximum Gasteiger partial charge on any atom is 0.321 e. The molecule has 6 nitrogen and oxygen atoms in total. The lowest BCUT2D eigenvalue weighted by atomic mass is 9.89. The molecule has 1 aliphatic heterocycles. The summed E-state index contributed by atoms with van der Waals surface area (Å²) in [4.78, 5) is 27.0. The van der Waals surface area contributed by atoms with Crippen LogP contribution in [0.2, 0.25) is 5.02 Å². The van der Waals surface area contributed by atoms with Crippen LogP contribution in [0.25, 0.3) is 0 Å². The van der Waals surface area contributed by atoms with Gasteiger partial charge >= 0.3 is 6.03 Å². The van der Waals surface area contributed by atoms with Crippen LogP contribution in [0.4, 0.5) is 10.5 Å². The summed E-state index contributed by atoms with van der Waals surface area (Å²) in [5.41, 5.74) is 2.46. The van der Waals surface area contributed by atoms with E-state index in [-0.39, 0.29) is 17.9 Å². The summed E-state index contributed by atoms with van der Waals surface area (Å²) in [6, 6.07) is 14.7. The summed E-state index contributed by atoms with van der Waals surface area (Å²) in [7, 11) is 0. The molecule has 7 heteroatoms. The van der Waals surface area contributed by atoms with E-state index < -0.39 is 0 Å². The number of carbonyl (C=O) groups is 2. The van der Waals surface area contributed by atoms with Gasteiger partial charge in [0.25, 0.3) is 5.91 Å². The molecule has 0 unspecified atom stereocenters. The summed E-state index contributed by atoms with van der Waals surface area (Å²) < 4.78 is 5.30. The molecule has 1 fully saturated rings. The van der Waals surface area contributed by atoms with E-state index in [9.17, 15) is 9.59 Å². The van der Waals surface area contributed by atoms with Gasteiger partial charge in [0.2, 0.25) is 0 Å². The number of nitrogens with zero attached hydrogens (tertiary/aromatic N) is 1. The van der Waals surface area contributed by atoms with Gasteiger partial charge in [-0.05, 0) is 68.1 Å². The minimum atomic E-state index is -0.116. The number of halogens is 1. The second kappa shape index (κ2) is 11.7. The van der Waals surface area contributed by atoms with Gasteiger partial charge in [-0.25, -0.2) is 4.79 Å². The third-order valence-electron chi connectivity index (χ3n) is 5.38. The van der Waals surface area contributed by atoms with Crippen molar-refractivity contribution < 1.29 is 14.3 Å². The van der Waals surface area contributed by atoms with E-state index >= 15 is 0 Å². The fraction of sp³-hybridized carbons (Fsp3) is 0.417. The Labute approximate surface area is 188 Å². The van der Waals surface area contributed by atoms with Crippen molar-refractivity contribution in [3.05, 3.63) is 64.7 Å². The molecule has 2 aromatic carbocycles. The number of piperidine rings is 1. The van der Waals surface area contributed by atoms with Crippen LogP contribution in [0.15, 0.2) is 48.5 Å². The van der Waals surface area contributed by atoms with Gasteiger partial charge in [0.1, 0.15) is 0 Å². The molecule has 0 spiro atoms. The van der Waals surface area contributed by atoms with Crippen LogP contribution in [-0.4, -0.2) is 49.7 Å². The first-order valence-corrected chi connectivity index (χ1v) is 11.2. The Kier molecular flexibility index (Phi) is 8.74. The summed E-state index contributed by atoms with van der Waals surface area (Å²) in [5.74, 6) is 0.127. The fourth-order valence-corrected chi connectivity index (χ4v) is 3.85. The average molecular weight is 444 g/mol. The zero-order valence-electron chi connectivity index (χ0n) is 17.9. The summed E-state index contributed by atoms with van der Waals surface area (Å²) in [5, 5.41) is 6.51. The standard InChI is InChI=1S/C24H30ClN3O3/c1-2-31-15-5-13-26-23(29)19-7-3-6-18(16-19)20-8-4-14-28(17-20)24(30)27-22-11-9-21(25)10-12-22/h3,6-7,9-12,16,20H,2,4-5,8,13-15,17H2,1H3,(H,26,29)(H,27,30)/t20-/m1/s1. The lowest BCUT2D eigenvalue weighted by Crippen LogP contribution is -2.41. The molecule has 166 valence electrons. The topological polar surface area (TPSA) is 70.7 Å². The summed E-state index contributed by atoms with van der Waals surface area (Å²) in [6.07, 6.45) is 2.70. The van der Waals surface area contributed by atoms with Crippen molar-refractivity contribution in [1.82, 2.24) is 10.2 Å². The predicted octanol–water partition coefficient (Wildman–Crippen LogP) is 4.91. The molecule has 0 aliphatic carbocycles. The number of rotatable bonds is 8. The SMILES string of the molecule is CCOCCCNC(=O)c1cccc([C@@H]2CCCN(C(=O)Nc3ccc(Cl)cc3)C2)c1. The van der Waals surface area contributed by atoms with Gasteiger partial charge in [0, 0.05) is 55.0 Å². The second-order valence-electron chi connectivity index (χ2n) is 7.65. The average Bonchev–Trinajstić information content (AvgIpc) is 2.80. The second-order valence-corrected chi connectivity index (χ2v) is 8.09. The Hall–Kier alpha value is -2.57. The zero-order valence-corrected chi connectivity index (χ0v) is 18.7. The smallest absolute Gasteiger partial charge is 0.321 e. The molecule has 0 aromatic heterocycles. The molecule has 3 amide bonds. The highest BCUT2D eigenvalue weighted by molar-refractivity contribution is 6.30. The first-order valence-electron chi connectivity index (χ1n) is 10.8. The Bertz CT molecular complexity index is 873. The highest BCUT2D eigenvalue weighted by Gasteiger charge is 2.25. The van der Waals surface area contributed by atoms with Crippen molar-refractivity contribution in [3.63, 3.8) is 0 Å². The number of hydrogen-bond donors (Lipinski definition) is 2. The molecule has 0 saturated carbocycles. The lowest BCUT2D eigenvalue weighted by molar-refractivity contribution is 0.0944. The monoisotopic (exact) mass is 443 g/mol. The number of ether oxygens (including phenoxy) is 1. The Morgan fingerprint density at radius 1 is 1.19 bits per heavy atom. The van der Waals surface area contributed by atoms with Crippen LogP contribution in [0.5, 0.6) is 0 Å². The van der Waals surface area contributed by atoms with Gasteiger partial charge in [-0.3, -0.25) is 4.79 Å². The van der Waals surface area contributed by atoms with E-state index in [0.29, 0.717) is 36.9 Å². The van der Waals surface area contributed by atoms with Crippen LogP contribution in [0, 0.1) is 0 Å². The van der Waals surface area contributed by atoms with Crippen molar-refractivity contribution in [2.75, 3.05) is 38.2 Å². The first kappa shape index (κ1) is 23.1. The van der Waals surface area contributed by atoms with E-state index in [1.807, 2.05) is 36.1 Å². The minimum Gasteiger partial charge on any atom is -0.382 e. The van der Waals surface area contributed by atoms with Gasteiger partial charge in [0.15, 0.2) is 0 Å². The van der Waals surface area contributed by atoms with Gasteiger partial charge in [-0.2, -0.15) is 0 Å². The van der Waals surface area contributed by atoms with Crippen molar-refractivity contribution in [2.24, 2.45) is 0 Å². The van der Waals surface area contributed by atoms with Crippen molar-refractivity contribution in [2.45, 2.75) is 32.1 Å². The third kappa shape index (κ3) is 6.97. The van der Waals surface area contributed by atoms with Crippen molar-refractivity contribution in [3.8, 4) is 0 Å². The van der Waals surface area contributed by atoms with Gasteiger partial charge in [-0.15, -0.1) is 0 Å². The fourth-order valence-electron chi connectivity index (χ4n) is 3.73. The predicted molar refractivity (Wildman–Crippen MR) is 124 cm³/mol. The quantitative estimate of drug-likeness (QED) is 0.569. The van der Waals surface area contributed by atoms with Crippen LogP contribution in [0.3, 0.4) is 0 Å².